The molecular weight excluding hydrogens is 254 g/mol. The molecule has 0 radical (unpaired) electrons. The molecule has 96 valence electrons. The van der Waals surface area contributed by atoms with Crippen LogP contribution < -0.4 is 10.6 Å². The molecule has 1 aromatic heterocycles. The summed E-state index contributed by atoms with van der Waals surface area (Å²) >= 11 is 1.62. The van der Waals surface area contributed by atoms with Crippen LogP contribution in [0, 0.1) is 6.92 Å². The maximum Gasteiger partial charge on any atom is 0.208 e. The van der Waals surface area contributed by atoms with E-state index in [-0.39, 0.29) is 0 Å². The minimum atomic E-state index is 0.792. The second-order valence-electron chi connectivity index (χ2n) is 4.55. The standard InChI is InChI=1S/C15H15N3S/c1-11-6-8-12(9-7-11)10-18-13-4-2-3-5-14(13)19-15(18)17-16/h2-9H,10,16H2,1H3/b17-15+. The van der Waals surface area contributed by atoms with Crippen molar-refractivity contribution < 1.29 is 0 Å². The molecule has 0 spiro atoms. The van der Waals surface area contributed by atoms with Crippen molar-refractivity contribution in [1.82, 2.24) is 4.57 Å². The Balaban J connectivity index is 2.11. The molecule has 0 bridgehead atoms. The van der Waals surface area contributed by atoms with Crippen molar-refractivity contribution in [2.24, 2.45) is 10.9 Å². The predicted molar refractivity (Wildman–Crippen MR) is 79.8 cm³/mol. The number of aryl methyl sites for hydroxylation is 1. The summed E-state index contributed by atoms with van der Waals surface area (Å²) in [4.78, 5) is 0.849. The lowest BCUT2D eigenvalue weighted by Gasteiger charge is -2.05. The maximum atomic E-state index is 5.51. The van der Waals surface area contributed by atoms with Gasteiger partial charge in [0.15, 0.2) is 0 Å². The molecule has 0 fully saturated rings. The highest BCUT2D eigenvalue weighted by Gasteiger charge is 2.05. The lowest BCUT2D eigenvalue weighted by molar-refractivity contribution is 0.788. The first-order chi connectivity index (χ1) is 9.28. The first-order valence-electron chi connectivity index (χ1n) is 6.16. The second kappa shape index (κ2) is 4.90. The van der Waals surface area contributed by atoms with Crippen LogP contribution in [0.1, 0.15) is 11.1 Å². The largest absolute Gasteiger partial charge is 0.320 e. The summed E-state index contributed by atoms with van der Waals surface area (Å²) in [6, 6.07) is 16.8. The van der Waals surface area contributed by atoms with E-state index in [0.29, 0.717) is 0 Å². The number of nitrogens with two attached hydrogens (primary N) is 1. The van der Waals surface area contributed by atoms with Crippen molar-refractivity contribution >= 4 is 21.6 Å². The molecule has 0 aliphatic heterocycles. The Kier molecular flexibility index (Phi) is 3.09. The van der Waals surface area contributed by atoms with Crippen LogP contribution in [-0.4, -0.2) is 4.57 Å². The molecule has 3 aromatic rings. The smallest absolute Gasteiger partial charge is 0.208 e. The molecule has 0 saturated heterocycles. The molecule has 0 atom stereocenters. The molecule has 1 heterocycles. The molecule has 0 aliphatic carbocycles. The number of thiazole rings is 1. The summed E-state index contributed by atoms with van der Waals surface area (Å²) in [7, 11) is 0. The number of hydrogen-bond donors (Lipinski definition) is 1. The number of aromatic nitrogens is 1. The molecule has 19 heavy (non-hydrogen) atoms. The zero-order valence-corrected chi connectivity index (χ0v) is 11.5. The Morgan fingerprint density at radius 1 is 1.11 bits per heavy atom. The van der Waals surface area contributed by atoms with Crippen molar-refractivity contribution in [2.75, 3.05) is 0 Å². The van der Waals surface area contributed by atoms with E-state index in [1.54, 1.807) is 11.3 Å². The van der Waals surface area contributed by atoms with Crippen LogP contribution in [0.4, 0.5) is 0 Å². The van der Waals surface area contributed by atoms with Gasteiger partial charge in [-0.25, -0.2) is 0 Å². The highest BCUT2D eigenvalue weighted by molar-refractivity contribution is 7.16. The second-order valence-corrected chi connectivity index (χ2v) is 5.56. The number of fused-ring (bicyclic) bond motifs is 1. The summed E-state index contributed by atoms with van der Waals surface area (Å²) in [5.74, 6) is 5.51. The van der Waals surface area contributed by atoms with Gasteiger partial charge in [0.05, 0.1) is 16.8 Å². The van der Waals surface area contributed by atoms with E-state index in [0.717, 1.165) is 11.3 Å². The van der Waals surface area contributed by atoms with Crippen LogP contribution in [0.3, 0.4) is 0 Å². The van der Waals surface area contributed by atoms with Crippen molar-refractivity contribution in [3.8, 4) is 0 Å². The van der Waals surface area contributed by atoms with E-state index in [1.807, 2.05) is 12.1 Å². The minimum Gasteiger partial charge on any atom is -0.320 e. The summed E-state index contributed by atoms with van der Waals surface area (Å²) < 4.78 is 3.36. The average molecular weight is 269 g/mol. The van der Waals surface area contributed by atoms with Crippen LogP contribution in [0.15, 0.2) is 53.6 Å². The number of hydrogen-bond acceptors (Lipinski definition) is 3. The zero-order chi connectivity index (χ0) is 13.2. The third-order valence-corrected chi connectivity index (χ3v) is 4.23. The third-order valence-electron chi connectivity index (χ3n) is 3.16. The van der Waals surface area contributed by atoms with Crippen LogP contribution >= 0.6 is 11.3 Å². The van der Waals surface area contributed by atoms with Crippen LogP contribution in [0.2, 0.25) is 0 Å². The van der Waals surface area contributed by atoms with Gasteiger partial charge >= 0.3 is 0 Å². The summed E-state index contributed by atoms with van der Waals surface area (Å²) in [5.41, 5.74) is 3.70. The quantitative estimate of drug-likeness (QED) is 0.564. The fourth-order valence-corrected chi connectivity index (χ4v) is 3.10. The zero-order valence-electron chi connectivity index (χ0n) is 10.7. The Morgan fingerprint density at radius 3 is 2.58 bits per heavy atom. The van der Waals surface area contributed by atoms with Gasteiger partial charge in [-0.05, 0) is 24.6 Å². The topological polar surface area (TPSA) is 43.3 Å². The fraction of sp³-hybridized carbons (Fsp3) is 0.133. The Hall–Kier alpha value is -2.07. The molecular formula is C15H15N3S. The Morgan fingerprint density at radius 2 is 1.84 bits per heavy atom. The van der Waals surface area contributed by atoms with Crippen molar-refractivity contribution in [1.29, 1.82) is 0 Å². The van der Waals surface area contributed by atoms with Gasteiger partial charge < -0.3 is 10.4 Å². The van der Waals surface area contributed by atoms with Gasteiger partial charge in [-0.3, -0.25) is 0 Å². The van der Waals surface area contributed by atoms with Gasteiger partial charge in [-0.2, -0.15) is 5.10 Å². The van der Waals surface area contributed by atoms with E-state index >= 15 is 0 Å². The normalized spacial score (nSPS) is 12.2. The number of para-hydroxylation sites is 1. The Bertz CT molecular complexity index is 766. The molecule has 0 aliphatic rings. The van der Waals surface area contributed by atoms with Crippen LogP contribution in [0.25, 0.3) is 10.2 Å². The first-order valence-corrected chi connectivity index (χ1v) is 6.97. The van der Waals surface area contributed by atoms with Crippen molar-refractivity contribution in [2.45, 2.75) is 13.5 Å². The maximum absolute atomic E-state index is 5.51. The molecule has 0 unspecified atom stereocenters. The molecule has 3 nitrogen and oxygen atoms in total. The predicted octanol–water partition coefficient (Wildman–Crippen LogP) is 2.83. The van der Waals surface area contributed by atoms with E-state index < -0.39 is 0 Å². The van der Waals surface area contributed by atoms with Crippen molar-refractivity contribution in [3.63, 3.8) is 0 Å². The monoisotopic (exact) mass is 269 g/mol. The van der Waals surface area contributed by atoms with E-state index in [9.17, 15) is 0 Å². The van der Waals surface area contributed by atoms with E-state index in [2.05, 4.69) is 53.0 Å². The van der Waals surface area contributed by atoms with Crippen molar-refractivity contribution in [3.05, 3.63) is 64.5 Å². The lowest BCUT2D eigenvalue weighted by atomic mass is 10.1. The van der Waals surface area contributed by atoms with Crippen LogP contribution in [0.5, 0.6) is 0 Å². The van der Waals surface area contributed by atoms with E-state index in [4.69, 9.17) is 5.84 Å². The molecule has 0 amide bonds. The number of benzene rings is 2. The molecule has 4 heteroatoms. The minimum absolute atomic E-state index is 0.792. The van der Waals surface area contributed by atoms with Gasteiger partial charge in [0.2, 0.25) is 4.80 Å². The summed E-state index contributed by atoms with van der Waals surface area (Å²) in [6.07, 6.45) is 0. The molecule has 2 aromatic carbocycles. The van der Waals surface area contributed by atoms with Crippen LogP contribution in [-0.2, 0) is 6.54 Å². The summed E-state index contributed by atoms with van der Waals surface area (Å²) in [6.45, 7) is 2.89. The highest BCUT2D eigenvalue weighted by atomic mass is 32.1. The van der Waals surface area contributed by atoms with Gasteiger partial charge in [0.1, 0.15) is 0 Å². The molecule has 3 rings (SSSR count). The highest BCUT2D eigenvalue weighted by Crippen LogP contribution is 2.17. The van der Waals surface area contributed by atoms with Gasteiger partial charge in [-0.15, -0.1) is 0 Å². The number of nitrogens with zero attached hydrogens (tertiary/aromatic N) is 2. The number of rotatable bonds is 2. The Labute approximate surface area is 115 Å². The van der Waals surface area contributed by atoms with Gasteiger partial charge in [0.25, 0.3) is 0 Å². The van der Waals surface area contributed by atoms with Gasteiger partial charge in [-0.1, -0.05) is 53.3 Å². The fourth-order valence-electron chi connectivity index (χ4n) is 2.15. The summed E-state index contributed by atoms with van der Waals surface area (Å²) in [5, 5.41) is 3.90. The average Bonchev–Trinajstić information content (AvgIpc) is 2.79. The molecule has 2 N–H and O–H groups in total. The SMILES string of the molecule is Cc1ccc(Cn2/c(=N\N)sc3ccccc32)cc1. The lowest BCUT2D eigenvalue weighted by Crippen LogP contribution is -2.17. The molecule has 0 saturated carbocycles. The first kappa shape index (κ1) is 12.0. The van der Waals surface area contributed by atoms with Gasteiger partial charge in [0, 0.05) is 0 Å². The third kappa shape index (κ3) is 2.27. The van der Waals surface area contributed by atoms with E-state index in [1.165, 1.54) is 21.3 Å².